The number of aryl methyl sites for hydroxylation is 3. The van der Waals surface area contributed by atoms with Gasteiger partial charge < -0.3 is 0 Å². The summed E-state index contributed by atoms with van der Waals surface area (Å²) in [7, 11) is -2.16. The van der Waals surface area contributed by atoms with Gasteiger partial charge in [-0.3, -0.25) is 0 Å². The Morgan fingerprint density at radius 2 is 1.21 bits per heavy atom. The molecule has 0 saturated carbocycles. The van der Waals surface area contributed by atoms with Gasteiger partial charge in [0, 0.05) is 0 Å². The van der Waals surface area contributed by atoms with E-state index in [1.54, 1.807) is 19.2 Å². The molecular formula is C22H24INO3S2. The van der Waals surface area contributed by atoms with Crippen LogP contribution in [0.2, 0.25) is 0 Å². The molecule has 0 atom stereocenters. The van der Waals surface area contributed by atoms with E-state index in [9.17, 15) is 8.42 Å². The molecular weight excluding hydrogens is 517 g/mol. The van der Waals surface area contributed by atoms with E-state index in [-0.39, 0.29) is 4.90 Å². The van der Waals surface area contributed by atoms with E-state index in [0.29, 0.717) is 0 Å². The van der Waals surface area contributed by atoms with E-state index in [2.05, 4.69) is 0 Å². The molecule has 29 heavy (non-hydrogen) atoms. The first-order valence-electron chi connectivity index (χ1n) is 8.99. The Morgan fingerprint density at radius 3 is 1.69 bits per heavy atom. The number of rotatable bonds is 7. The Kier molecular flexibility index (Phi) is 7.39. The molecule has 0 unspecified atom stereocenters. The van der Waals surface area contributed by atoms with Crippen molar-refractivity contribution in [2.75, 3.05) is 7.11 Å². The molecule has 0 spiro atoms. The molecule has 0 heterocycles. The van der Waals surface area contributed by atoms with E-state index in [1.807, 2.05) is 81.4 Å². The average molecular weight is 541 g/mol. The summed E-state index contributed by atoms with van der Waals surface area (Å²) in [5, 5.41) is 0. The van der Waals surface area contributed by atoms with Gasteiger partial charge in [-0.15, -0.1) is 0 Å². The van der Waals surface area contributed by atoms with Crippen molar-refractivity contribution in [2.45, 2.75) is 30.6 Å². The van der Waals surface area contributed by atoms with Crippen LogP contribution < -0.4 is 0 Å². The molecule has 0 aromatic heterocycles. The van der Waals surface area contributed by atoms with Gasteiger partial charge in [0.1, 0.15) is 0 Å². The van der Waals surface area contributed by atoms with Gasteiger partial charge in [-0.1, -0.05) is 0 Å². The SMILES string of the molecule is COI(c1ccc(C)cc1)N(Sc1ccc(C)cc1)S(=O)(=O)c1ccc(C)cc1. The predicted octanol–water partition coefficient (Wildman–Crippen LogP) is 6.16. The van der Waals surface area contributed by atoms with Crippen molar-refractivity contribution in [3.05, 3.63) is 93.1 Å². The van der Waals surface area contributed by atoms with Gasteiger partial charge in [0.2, 0.25) is 0 Å². The maximum absolute atomic E-state index is 13.6. The zero-order valence-corrected chi connectivity index (χ0v) is 20.6. The minimum atomic E-state index is -3.75. The summed E-state index contributed by atoms with van der Waals surface area (Å²) >= 11 is -1.48. The molecule has 154 valence electrons. The third-order valence-corrected chi connectivity index (χ3v) is 14.0. The van der Waals surface area contributed by atoms with Gasteiger partial charge >= 0.3 is 187 Å². The summed E-state index contributed by atoms with van der Waals surface area (Å²) in [6, 6.07) is 22.7. The maximum atomic E-state index is 13.6. The van der Waals surface area contributed by atoms with Crippen LogP contribution in [0.15, 0.2) is 82.6 Å². The molecule has 0 bridgehead atoms. The molecule has 0 fully saturated rings. The van der Waals surface area contributed by atoms with Gasteiger partial charge in [-0.25, -0.2) is 0 Å². The molecule has 4 nitrogen and oxygen atoms in total. The Bertz CT molecular complexity index is 1050. The van der Waals surface area contributed by atoms with Crippen molar-refractivity contribution in [3.8, 4) is 0 Å². The Hall–Kier alpha value is -1.39. The first kappa shape index (κ1) is 22.3. The standard InChI is InChI=1S/C22H24INO3S2/c1-17-5-11-20(12-6-17)23(27-4)24(28-21-13-7-18(2)8-14-21)29(25,26)22-15-9-19(3)10-16-22/h5-16H,1-4H3. The summed E-state index contributed by atoms with van der Waals surface area (Å²) in [6.07, 6.45) is 0. The number of nitrogens with zero attached hydrogens (tertiary/aromatic N) is 1. The number of hydrogen-bond acceptors (Lipinski definition) is 4. The predicted molar refractivity (Wildman–Crippen MR) is 128 cm³/mol. The molecule has 0 N–H and O–H groups in total. The van der Waals surface area contributed by atoms with Gasteiger partial charge in [0.25, 0.3) is 0 Å². The van der Waals surface area contributed by atoms with Gasteiger partial charge in [-0.05, 0) is 0 Å². The van der Waals surface area contributed by atoms with E-state index < -0.39 is 30.5 Å². The van der Waals surface area contributed by atoms with Crippen LogP contribution in [-0.4, -0.2) is 17.5 Å². The molecule has 0 aliphatic heterocycles. The zero-order valence-electron chi connectivity index (χ0n) is 16.8. The quantitative estimate of drug-likeness (QED) is 0.204. The van der Waals surface area contributed by atoms with Gasteiger partial charge in [0.15, 0.2) is 0 Å². The first-order chi connectivity index (χ1) is 13.8. The van der Waals surface area contributed by atoms with Crippen LogP contribution in [0.3, 0.4) is 0 Å². The second-order valence-electron chi connectivity index (χ2n) is 6.59. The van der Waals surface area contributed by atoms with Crippen molar-refractivity contribution in [2.24, 2.45) is 0 Å². The molecule has 0 aliphatic rings. The Labute approximate surface area is 185 Å². The monoisotopic (exact) mass is 541 g/mol. The molecule has 0 radical (unpaired) electrons. The Morgan fingerprint density at radius 1 is 0.759 bits per heavy atom. The Balaban J connectivity index is 2.07. The van der Waals surface area contributed by atoms with Crippen molar-refractivity contribution < 1.29 is 11.5 Å². The number of benzene rings is 3. The fourth-order valence-electron chi connectivity index (χ4n) is 2.50. The molecule has 0 saturated heterocycles. The summed E-state index contributed by atoms with van der Waals surface area (Å²) in [6.45, 7) is 5.96. The van der Waals surface area contributed by atoms with Crippen LogP contribution in [0.5, 0.6) is 0 Å². The second kappa shape index (κ2) is 9.61. The van der Waals surface area contributed by atoms with E-state index >= 15 is 0 Å². The van der Waals surface area contributed by atoms with Crippen LogP contribution >= 0.6 is 32.5 Å². The van der Waals surface area contributed by atoms with Crippen LogP contribution in [0.25, 0.3) is 0 Å². The summed E-state index contributed by atoms with van der Waals surface area (Å²) in [5.41, 5.74) is 3.27. The molecule has 3 aromatic rings. The van der Waals surface area contributed by atoms with Gasteiger partial charge in [0.05, 0.1) is 0 Å². The third kappa shape index (κ3) is 5.40. The molecule has 3 rings (SSSR count). The zero-order chi connectivity index (χ0) is 21.0. The fourth-order valence-corrected chi connectivity index (χ4v) is 12.1. The minimum absolute atomic E-state index is 0.272. The third-order valence-electron chi connectivity index (χ3n) is 4.18. The molecule has 0 aliphatic carbocycles. The fraction of sp³-hybridized carbons (Fsp3) is 0.182. The van der Waals surface area contributed by atoms with Crippen molar-refractivity contribution in [1.82, 2.24) is 1.92 Å². The molecule has 3 aromatic carbocycles. The van der Waals surface area contributed by atoms with Crippen LogP contribution in [0, 0.1) is 24.3 Å². The summed E-state index contributed by atoms with van der Waals surface area (Å²) in [4.78, 5) is 1.13. The van der Waals surface area contributed by atoms with E-state index in [4.69, 9.17) is 3.07 Å². The number of halogens is 1. The topological polar surface area (TPSA) is 46.6 Å². The van der Waals surface area contributed by atoms with Crippen LogP contribution in [0.4, 0.5) is 0 Å². The van der Waals surface area contributed by atoms with E-state index in [1.165, 1.54) is 13.9 Å². The van der Waals surface area contributed by atoms with Crippen LogP contribution in [0.1, 0.15) is 16.7 Å². The average Bonchev–Trinajstić information content (AvgIpc) is 2.71. The molecule has 0 amide bonds. The first-order valence-corrected chi connectivity index (χ1v) is 14.1. The van der Waals surface area contributed by atoms with Crippen molar-refractivity contribution >= 4 is 42.5 Å². The number of hydrogen-bond donors (Lipinski definition) is 0. The summed E-state index contributed by atoms with van der Waals surface area (Å²) in [5.74, 6) is 0. The number of sulfonamides is 1. The van der Waals surface area contributed by atoms with Gasteiger partial charge in [-0.2, -0.15) is 0 Å². The van der Waals surface area contributed by atoms with Crippen molar-refractivity contribution in [1.29, 1.82) is 0 Å². The van der Waals surface area contributed by atoms with Crippen molar-refractivity contribution in [3.63, 3.8) is 0 Å². The summed E-state index contributed by atoms with van der Waals surface area (Å²) < 4.78 is 35.5. The van der Waals surface area contributed by atoms with Crippen LogP contribution in [-0.2, 0) is 13.1 Å². The normalized spacial score (nSPS) is 12.2. The second-order valence-corrected chi connectivity index (χ2v) is 15.3. The van der Waals surface area contributed by atoms with E-state index in [0.717, 1.165) is 25.2 Å². The molecule has 7 heteroatoms.